The van der Waals surface area contributed by atoms with Gasteiger partial charge in [0, 0.05) is 30.6 Å². The molecule has 1 aromatic carbocycles. The molecule has 0 fully saturated rings. The standard InChI is InChI=1S/C14H23N3O/c1-3-5-14(18-4-2)17-13-7-6-11(9-15)8-12(13)10-16/h6-8,10,14,16-17H,3-5,9,15H2,1-2H3. The number of nitrogens with one attached hydrogen (secondary N) is 2. The van der Waals surface area contributed by atoms with Gasteiger partial charge in [-0.05, 0) is 31.0 Å². The fraction of sp³-hybridized carbons (Fsp3) is 0.500. The highest BCUT2D eigenvalue weighted by Gasteiger charge is 2.09. The summed E-state index contributed by atoms with van der Waals surface area (Å²) >= 11 is 0. The van der Waals surface area contributed by atoms with Crippen LogP contribution in [-0.2, 0) is 11.3 Å². The summed E-state index contributed by atoms with van der Waals surface area (Å²) in [6.07, 6.45) is 3.35. The molecular formula is C14H23N3O. The molecule has 1 unspecified atom stereocenters. The van der Waals surface area contributed by atoms with E-state index in [9.17, 15) is 0 Å². The van der Waals surface area contributed by atoms with E-state index in [1.165, 1.54) is 6.21 Å². The van der Waals surface area contributed by atoms with Gasteiger partial charge in [-0.2, -0.15) is 0 Å². The van der Waals surface area contributed by atoms with Gasteiger partial charge in [0.25, 0.3) is 0 Å². The van der Waals surface area contributed by atoms with Gasteiger partial charge in [0.05, 0.1) is 0 Å². The van der Waals surface area contributed by atoms with Crippen LogP contribution in [0, 0.1) is 5.41 Å². The van der Waals surface area contributed by atoms with Crippen LogP contribution in [-0.4, -0.2) is 19.0 Å². The lowest BCUT2D eigenvalue weighted by Gasteiger charge is -2.20. The summed E-state index contributed by atoms with van der Waals surface area (Å²) in [5, 5.41) is 10.8. The number of anilines is 1. The molecule has 0 saturated heterocycles. The van der Waals surface area contributed by atoms with Crippen LogP contribution in [0.25, 0.3) is 0 Å². The Labute approximate surface area is 109 Å². The lowest BCUT2D eigenvalue weighted by molar-refractivity contribution is 0.0762. The Balaban J connectivity index is 2.83. The van der Waals surface area contributed by atoms with Crippen LogP contribution in [0.5, 0.6) is 0 Å². The molecule has 4 heteroatoms. The van der Waals surface area contributed by atoms with Gasteiger partial charge >= 0.3 is 0 Å². The first-order valence-corrected chi connectivity index (χ1v) is 6.46. The molecule has 1 rings (SSSR count). The maximum absolute atomic E-state index is 7.46. The van der Waals surface area contributed by atoms with E-state index in [1.54, 1.807) is 0 Å². The smallest absolute Gasteiger partial charge is 0.127 e. The van der Waals surface area contributed by atoms with Gasteiger partial charge in [-0.3, -0.25) is 0 Å². The van der Waals surface area contributed by atoms with E-state index in [0.717, 1.165) is 29.7 Å². The lowest BCUT2D eigenvalue weighted by atomic mass is 10.1. The SMILES string of the molecule is CCCC(Nc1ccc(CN)cc1C=N)OCC. The normalized spacial score (nSPS) is 12.2. The Morgan fingerprint density at radius 3 is 2.78 bits per heavy atom. The molecule has 0 bridgehead atoms. The van der Waals surface area contributed by atoms with Crippen LogP contribution in [0.4, 0.5) is 5.69 Å². The van der Waals surface area contributed by atoms with Crippen LogP contribution >= 0.6 is 0 Å². The van der Waals surface area contributed by atoms with Crippen molar-refractivity contribution in [2.75, 3.05) is 11.9 Å². The van der Waals surface area contributed by atoms with Crippen LogP contribution in [0.15, 0.2) is 18.2 Å². The van der Waals surface area contributed by atoms with Crippen molar-refractivity contribution >= 4 is 11.9 Å². The van der Waals surface area contributed by atoms with Crippen molar-refractivity contribution in [3.63, 3.8) is 0 Å². The number of nitrogens with two attached hydrogens (primary N) is 1. The Hall–Kier alpha value is -1.39. The van der Waals surface area contributed by atoms with Crippen molar-refractivity contribution in [3.8, 4) is 0 Å². The minimum atomic E-state index is 0.00225. The van der Waals surface area contributed by atoms with Crippen molar-refractivity contribution in [2.24, 2.45) is 5.73 Å². The molecule has 100 valence electrons. The minimum Gasteiger partial charge on any atom is -0.360 e. The molecule has 0 spiro atoms. The van der Waals surface area contributed by atoms with Crippen molar-refractivity contribution in [1.82, 2.24) is 0 Å². The number of benzene rings is 1. The number of hydrogen-bond acceptors (Lipinski definition) is 4. The first-order chi connectivity index (χ1) is 8.74. The third-order valence-electron chi connectivity index (χ3n) is 2.74. The van der Waals surface area contributed by atoms with Crippen molar-refractivity contribution in [2.45, 2.75) is 39.5 Å². The van der Waals surface area contributed by atoms with Gasteiger partial charge < -0.3 is 21.2 Å². The molecule has 4 nitrogen and oxygen atoms in total. The largest absolute Gasteiger partial charge is 0.360 e. The van der Waals surface area contributed by atoms with Gasteiger partial charge in [-0.15, -0.1) is 0 Å². The fourth-order valence-electron chi connectivity index (χ4n) is 1.82. The van der Waals surface area contributed by atoms with Gasteiger partial charge in [0.2, 0.25) is 0 Å². The Bertz CT molecular complexity index is 373. The predicted octanol–water partition coefficient (Wildman–Crippen LogP) is 2.72. The maximum atomic E-state index is 7.46. The molecule has 0 aliphatic carbocycles. The number of ether oxygens (including phenoxy) is 1. The van der Waals surface area contributed by atoms with Crippen LogP contribution < -0.4 is 11.1 Å². The molecule has 0 radical (unpaired) electrons. The monoisotopic (exact) mass is 249 g/mol. The maximum Gasteiger partial charge on any atom is 0.127 e. The molecule has 4 N–H and O–H groups in total. The van der Waals surface area contributed by atoms with Gasteiger partial charge in [0.15, 0.2) is 0 Å². The second kappa shape index (κ2) is 7.84. The molecule has 0 saturated carbocycles. The van der Waals surface area contributed by atoms with E-state index < -0.39 is 0 Å². The van der Waals surface area contributed by atoms with Crippen molar-refractivity contribution in [1.29, 1.82) is 5.41 Å². The van der Waals surface area contributed by atoms with Crippen LogP contribution in [0.1, 0.15) is 37.8 Å². The summed E-state index contributed by atoms with van der Waals surface area (Å²) in [5.41, 5.74) is 8.40. The van der Waals surface area contributed by atoms with E-state index in [2.05, 4.69) is 12.2 Å². The molecule has 0 aromatic heterocycles. The summed E-state index contributed by atoms with van der Waals surface area (Å²) in [6.45, 7) is 5.28. The molecule has 1 atom stereocenters. The van der Waals surface area contributed by atoms with E-state index in [1.807, 2.05) is 25.1 Å². The minimum absolute atomic E-state index is 0.00225. The average Bonchev–Trinajstić information content (AvgIpc) is 2.39. The number of rotatable bonds is 8. The molecule has 0 heterocycles. The quantitative estimate of drug-likeness (QED) is 0.490. The Kier molecular flexibility index (Phi) is 6.39. The molecule has 0 aliphatic heterocycles. The second-order valence-electron chi connectivity index (χ2n) is 4.15. The zero-order valence-electron chi connectivity index (χ0n) is 11.2. The second-order valence-corrected chi connectivity index (χ2v) is 4.15. The number of hydrogen-bond donors (Lipinski definition) is 3. The third kappa shape index (κ3) is 4.13. The Morgan fingerprint density at radius 1 is 1.44 bits per heavy atom. The van der Waals surface area contributed by atoms with E-state index in [0.29, 0.717) is 13.2 Å². The van der Waals surface area contributed by atoms with Crippen LogP contribution in [0.2, 0.25) is 0 Å². The van der Waals surface area contributed by atoms with Crippen molar-refractivity contribution < 1.29 is 4.74 Å². The summed E-state index contributed by atoms with van der Waals surface area (Å²) in [7, 11) is 0. The summed E-state index contributed by atoms with van der Waals surface area (Å²) in [6, 6.07) is 5.87. The summed E-state index contributed by atoms with van der Waals surface area (Å²) < 4.78 is 5.63. The fourth-order valence-corrected chi connectivity index (χ4v) is 1.82. The third-order valence-corrected chi connectivity index (χ3v) is 2.74. The molecule has 0 amide bonds. The highest BCUT2D eigenvalue weighted by atomic mass is 16.5. The summed E-state index contributed by atoms with van der Waals surface area (Å²) in [5.74, 6) is 0. The van der Waals surface area contributed by atoms with Gasteiger partial charge in [-0.1, -0.05) is 19.4 Å². The summed E-state index contributed by atoms with van der Waals surface area (Å²) in [4.78, 5) is 0. The van der Waals surface area contributed by atoms with E-state index >= 15 is 0 Å². The Morgan fingerprint density at radius 2 is 2.22 bits per heavy atom. The van der Waals surface area contributed by atoms with Gasteiger partial charge in [0.1, 0.15) is 6.23 Å². The topological polar surface area (TPSA) is 71.1 Å². The predicted molar refractivity (Wildman–Crippen MR) is 76.2 cm³/mol. The zero-order valence-corrected chi connectivity index (χ0v) is 11.2. The van der Waals surface area contributed by atoms with Gasteiger partial charge in [-0.25, -0.2) is 0 Å². The first-order valence-electron chi connectivity index (χ1n) is 6.46. The van der Waals surface area contributed by atoms with Crippen LogP contribution in [0.3, 0.4) is 0 Å². The first kappa shape index (κ1) is 14.7. The highest BCUT2D eigenvalue weighted by Crippen LogP contribution is 2.18. The highest BCUT2D eigenvalue weighted by molar-refractivity contribution is 5.86. The van der Waals surface area contributed by atoms with E-state index in [-0.39, 0.29) is 6.23 Å². The average molecular weight is 249 g/mol. The van der Waals surface area contributed by atoms with E-state index in [4.69, 9.17) is 15.9 Å². The molecular weight excluding hydrogens is 226 g/mol. The lowest BCUT2D eigenvalue weighted by Crippen LogP contribution is -2.23. The zero-order chi connectivity index (χ0) is 13.4. The molecule has 0 aliphatic rings. The molecule has 18 heavy (non-hydrogen) atoms. The van der Waals surface area contributed by atoms with Crippen molar-refractivity contribution in [3.05, 3.63) is 29.3 Å². The molecule has 1 aromatic rings.